The van der Waals surface area contributed by atoms with E-state index in [4.69, 9.17) is 5.73 Å². The van der Waals surface area contributed by atoms with Crippen molar-refractivity contribution in [3.63, 3.8) is 0 Å². The van der Waals surface area contributed by atoms with Gasteiger partial charge in [-0.05, 0) is 31.2 Å². The molecule has 0 aliphatic carbocycles. The highest BCUT2D eigenvalue weighted by Crippen LogP contribution is 2.31. The number of nitrogens with two attached hydrogens (primary N) is 1. The summed E-state index contributed by atoms with van der Waals surface area (Å²) in [4.78, 5) is 26.3. The number of carbonyl (C=O) groups is 2. The summed E-state index contributed by atoms with van der Waals surface area (Å²) < 4.78 is 0. The maximum absolute atomic E-state index is 12.4. The lowest BCUT2D eigenvalue weighted by atomic mass is 9.97. The number of fused-ring (bicyclic) bond motifs is 1. The van der Waals surface area contributed by atoms with E-state index in [-0.39, 0.29) is 36.5 Å². The van der Waals surface area contributed by atoms with E-state index in [0.29, 0.717) is 6.42 Å². The van der Waals surface area contributed by atoms with E-state index >= 15 is 0 Å². The molecule has 5 heteroatoms. The van der Waals surface area contributed by atoms with E-state index in [2.05, 4.69) is 17.4 Å². The summed E-state index contributed by atoms with van der Waals surface area (Å²) in [6, 6.07) is 10.5. The Morgan fingerprint density at radius 3 is 2.78 bits per heavy atom. The van der Waals surface area contributed by atoms with Crippen molar-refractivity contribution in [1.29, 1.82) is 0 Å². The third-order valence-corrected chi connectivity index (χ3v) is 5.02. The fourth-order valence-corrected chi connectivity index (χ4v) is 4.00. The predicted molar refractivity (Wildman–Crippen MR) is 88.6 cm³/mol. The lowest BCUT2D eigenvalue weighted by molar-refractivity contribution is -0.133. The number of hydrogen-bond acceptors (Lipinski definition) is 3. The largest absolute Gasteiger partial charge is 0.351 e. The molecule has 2 amide bonds. The summed E-state index contributed by atoms with van der Waals surface area (Å²) in [6.45, 7) is 0.0302. The van der Waals surface area contributed by atoms with Gasteiger partial charge < -0.3 is 16.0 Å². The van der Waals surface area contributed by atoms with Crippen LogP contribution in [0, 0.1) is 0 Å². The van der Waals surface area contributed by atoms with Crippen molar-refractivity contribution >= 4 is 11.8 Å². The van der Waals surface area contributed by atoms with Gasteiger partial charge in [0, 0.05) is 12.5 Å². The van der Waals surface area contributed by atoms with E-state index in [9.17, 15) is 9.59 Å². The average molecular weight is 315 g/mol. The molecule has 5 nitrogen and oxygen atoms in total. The van der Waals surface area contributed by atoms with Crippen LogP contribution in [0.4, 0.5) is 0 Å². The van der Waals surface area contributed by atoms with Gasteiger partial charge in [0.2, 0.25) is 11.8 Å². The first-order chi connectivity index (χ1) is 11.2. The van der Waals surface area contributed by atoms with Crippen LogP contribution in [0.2, 0.25) is 0 Å². The first-order valence-corrected chi connectivity index (χ1v) is 8.53. The molecule has 2 saturated heterocycles. The van der Waals surface area contributed by atoms with E-state index in [0.717, 1.165) is 32.1 Å². The number of rotatable bonds is 3. The van der Waals surface area contributed by atoms with Gasteiger partial charge in [-0.25, -0.2) is 0 Å². The van der Waals surface area contributed by atoms with Gasteiger partial charge in [-0.15, -0.1) is 0 Å². The number of benzene rings is 1. The topological polar surface area (TPSA) is 75.4 Å². The third-order valence-electron chi connectivity index (χ3n) is 5.02. The van der Waals surface area contributed by atoms with Crippen LogP contribution < -0.4 is 11.1 Å². The molecule has 2 aliphatic heterocycles. The zero-order valence-corrected chi connectivity index (χ0v) is 13.4. The highest BCUT2D eigenvalue weighted by atomic mass is 16.2. The summed E-state index contributed by atoms with van der Waals surface area (Å²) >= 11 is 0. The quantitative estimate of drug-likeness (QED) is 0.880. The number of nitrogens with zero attached hydrogens (tertiary/aromatic N) is 1. The number of carbonyl (C=O) groups excluding carboxylic acids is 2. The standard InChI is InChI=1S/C18H25N3O2/c19-12-18(23)21-14(10-13-6-2-1-3-7-13)11-15-16(21)8-4-5-9-17(22)20-15/h1-3,6-7,14-16H,4-5,8-12,19H2,(H,20,22)/t14-,15+,16-/m1/s1. The SMILES string of the molecule is NCC(=O)N1[C@H](Cc2ccccc2)C[C@@H]2NC(=O)CCCC[C@H]21. The second-order valence-electron chi connectivity index (χ2n) is 6.57. The van der Waals surface area contributed by atoms with Gasteiger partial charge in [-0.3, -0.25) is 9.59 Å². The summed E-state index contributed by atoms with van der Waals surface area (Å²) in [5.41, 5.74) is 6.86. The van der Waals surface area contributed by atoms with Crippen LogP contribution in [0.1, 0.15) is 37.7 Å². The predicted octanol–water partition coefficient (Wildman–Crippen LogP) is 1.22. The molecule has 0 unspecified atom stereocenters. The Morgan fingerprint density at radius 1 is 1.26 bits per heavy atom. The normalized spacial score (nSPS) is 27.8. The fraction of sp³-hybridized carbons (Fsp3) is 0.556. The Bertz CT molecular complexity index is 561. The number of amides is 2. The van der Waals surface area contributed by atoms with Gasteiger partial charge in [-0.2, -0.15) is 0 Å². The maximum Gasteiger partial charge on any atom is 0.236 e. The van der Waals surface area contributed by atoms with Gasteiger partial charge in [0.05, 0.1) is 18.6 Å². The molecule has 1 aromatic rings. The van der Waals surface area contributed by atoms with E-state index in [1.54, 1.807) is 0 Å². The van der Waals surface area contributed by atoms with Gasteiger partial charge in [0.1, 0.15) is 0 Å². The molecule has 23 heavy (non-hydrogen) atoms. The van der Waals surface area contributed by atoms with E-state index in [1.165, 1.54) is 5.56 Å². The maximum atomic E-state index is 12.4. The van der Waals surface area contributed by atoms with Crippen molar-refractivity contribution < 1.29 is 9.59 Å². The second-order valence-corrected chi connectivity index (χ2v) is 6.57. The highest BCUT2D eigenvalue weighted by molar-refractivity contribution is 5.80. The minimum absolute atomic E-state index is 0.00625. The van der Waals surface area contributed by atoms with Crippen LogP contribution in [-0.2, 0) is 16.0 Å². The van der Waals surface area contributed by atoms with Crippen molar-refractivity contribution in [3.05, 3.63) is 35.9 Å². The Labute approximate surface area is 137 Å². The molecule has 3 N–H and O–H groups in total. The van der Waals surface area contributed by atoms with Gasteiger partial charge in [0.25, 0.3) is 0 Å². The summed E-state index contributed by atoms with van der Waals surface area (Å²) in [5.74, 6) is 0.105. The minimum atomic E-state index is -0.00625. The van der Waals surface area contributed by atoms with Crippen LogP contribution in [0.25, 0.3) is 0 Å². The van der Waals surface area contributed by atoms with Crippen molar-refractivity contribution in [1.82, 2.24) is 10.2 Å². The highest BCUT2D eigenvalue weighted by Gasteiger charge is 2.43. The number of nitrogens with one attached hydrogen (secondary N) is 1. The molecule has 3 rings (SSSR count). The van der Waals surface area contributed by atoms with Crippen molar-refractivity contribution in [2.24, 2.45) is 5.73 Å². The molecule has 0 radical (unpaired) electrons. The molecule has 0 aromatic heterocycles. The van der Waals surface area contributed by atoms with Gasteiger partial charge >= 0.3 is 0 Å². The smallest absolute Gasteiger partial charge is 0.236 e. The fourth-order valence-electron chi connectivity index (χ4n) is 4.00. The molecular formula is C18H25N3O2. The molecule has 0 saturated carbocycles. The molecule has 3 atom stereocenters. The summed E-state index contributed by atoms with van der Waals surface area (Å²) in [6.07, 6.45) is 5.05. The van der Waals surface area contributed by atoms with Gasteiger partial charge in [-0.1, -0.05) is 36.8 Å². The Hall–Kier alpha value is -1.88. The molecule has 2 heterocycles. The monoisotopic (exact) mass is 315 g/mol. The Balaban J connectivity index is 1.82. The molecule has 1 aromatic carbocycles. The molecule has 0 spiro atoms. The second kappa shape index (κ2) is 7.13. The molecular weight excluding hydrogens is 290 g/mol. The van der Waals surface area contributed by atoms with E-state index in [1.807, 2.05) is 23.1 Å². The lowest BCUT2D eigenvalue weighted by Crippen LogP contribution is -2.50. The third kappa shape index (κ3) is 3.55. The molecule has 2 aliphatic rings. The van der Waals surface area contributed by atoms with Gasteiger partial charge in [0.15, 0.2) is 0 Å². The summed E-state index contributed by atoms with van der Waals surface area (Å²) in [7, 11) is 0. The van der Waals surface area contributed by atoms with Crippen LogP contribution in [0.15, 0.2) is 30.3 Å². The Morgan fingerprint density at radius 2 is 2.04 bits per heavy atom. The van der Waals surface area contributed by atoms with Crippen LogP contribution in [-0.4, -0.2) is 41.4 Å². The number of likely N-dealkylation sites (tertiary alicyclic amines) is 1. The summed E-state index contributed by atoms with van der Waals surface area (Å²) in [5, 5.41) is 3.13. The van der Waals surface area contributed by atoms with Crippen LogP contribution in [0.3, 0.4) is 0 Å². The molecule has 0 bridgehead atoms. The van der Waals surface area contributed by atoms with Crippen molar-refractivity contribution in [2.75, 3.05) is 6.54 Å². The zero-order chi connectivity index (χ0) is 16.2. The van der Waals surface area contributed by atoms with Crippen molar-refractivity contribution in [3.8, 4) is 0 Å². The van der Waals surface area contributed by atoms with Crippen molar-refractivity contribution in [2.45, 2.75) is 56.7 Å². The average Bonchev–Trinajstić information content (AvgIpc) is 2.86. The van der Waals surface area contributed by atoms with Crippen LogP contribution in [0.5, 0.6) is 0 Å². The van der Waals surface area contributed by atoms with Crippen LogP contribution >= 0.6 is 0 Å². The lowest BCUT2D eigenvalue weighted by Gasteiger charge is -2.32. The first kappa shape index (κ1) is 16.0. The molecule has 124 valence electrons. The van der Waals surface area contributed by atoms with E-state index < -0.39 is 0 Å². The minimum Gasteiger partial charge on any atom is -0.351 e. The zero-order valence-electron chi connectivity index (χ0n) is 13.4. The first-order valence-electron chi connectivity index (χ1n) is 8.53. The number of hydrogen-bond donors (Lipinski definition) is 2. The Kier molecular flexibility index (Phi) is 4.96. The molecule has 2 fully saturated rings.